The third kappa shape index (κ3) is 4.09. The van der Waals surface area contributed by atoms with Gasteiger partial charge in [-0.25, -0.2) is 0 Å². The van der Waals surface area contributed by atoms with E-state index in [0.29, 0.717) is 12.1 Å². The molecular formula is C14H22N4O2. The lowest BCUT2D eigenvalue weighted by Crippen LogP contribution is -2.42. The highest BCUT2D eigenvalue weighted by Crippen LogP contribution is 2.15. The summed E-state index contributed by atoms with van der Waals surface area (Å²) in [6.45, 7) is 3.29. The molecule has 1 aliphatic rings. The van der Waals surface area contributed by atoms with Crippen molar-refractivity contribution in [3.8, 4) is 0 Å². The van der Waals surface area contributed by atoms with E-state index in [9.17, 15) is 9.59 Å². The molecule has 1 aromatic heterocycles. The third-order valence-corrected chi connectivity index (χ3v) is 3.70. The topological polar surface area (TPSA) is 91.2 Å². The van der Waals surface area contributed by atoms with Gasteiger partial charge >= 0.3 is 0 Å². The molecule has 0 aromatic carbocycles. The highest BCUT2D eigenvalue weighted by atomic mass is 16.2. The van der Waals surface area contributed by atoms with E-state index in [-0.39, 0.29) is 17.7 Å². The van der Waals surface area contributed by atoms with Gasteiger partial charge in [0.15, 0.2) is 0 Å². The standard InChI is InChI=1S/C14H22N4O2/c15-13(19)12-3-1-7-18(10-12)8-2-5-17-14(20)11-4-6-16-9-11/h4,6,9,12,16H,1-3,5,7-8,10H2,(H2,15,19)(H,17,20). The number of hydrogen-bond donors (Lipinski definition) is 3. The zero-order chi connectivity index (χ0) is 14.4. The van der Waals surface area contributed by atoms with Gasteiger partial charge in [-0.15, -0.1) is 0 Å². The number of H-pyrrole nitrogens is 1. The van der Waals surface area contributed by atoms with Gasteiger partial charge in [-0.1, -0.05) is 0 Å². The minimum absolute atomic E-state index is 0.0156. The van der Waals surface area contributed by atoms with Crippen LogP contribution in [0, 0.1) is 5.92 Å². The molecule has 20 heavy (non-hydrogen) atoms. The molecule has 110 valence electrons. The van der Waals surface area contributed by atoms with Crippen LogP contribution < -0.4 is 11.1 Å². The van der Waals surface area contributed by atoms with Gasteiger partial charge in [0, 0.05) is 25.5 Å². The van der Waals surface area contributed by atoms with E-state index < -0.39 is 0 Å². The van der Waals surface area contributed by atoms with Crippen LogP contribution in [-0.2, 0) is 4.79 Å². The summed E-state index contributed by atoms with van der Waals surface area (Å²) in [7, 11) is 0. The molecule has 1 aromatic rings. The molecule has 0 spiro atoms. The van der Waals surface area contributed by atoms with E-state index in [4.69, 9.17) is 5.73 Å². The van der Waals surface area contributed by atoms with Gasteiger partial charge in [0.1, 0.15) is 0 Å². The van der Waals surface area contributed by atoms with Crippen LogP contribution in [0.4, 0.5) is 0 Å². The van der Waals surface area contributed by atoms with E-state index >= 15 is 0 Å². The Morgan fingerprint density at radius 1 is 1.50 bits per heavy atom. The minimum Gasteiger partial charge on any atom is -0.369 e. The summed E-state index contributed by atoms with van der Waals surface area (Å²) in [4.78, 5) is 28.0. The number of hydrogen-bond acceptors (Lipinski definition) is 3. The average molecular weight is 278 g/mol. The van der Waals surface area contributed by atoms with Crippen LogP contribution in [0.1, 0.15) is 29.6 Å². The molecule has 0 saturated carbocycles. The van der Waals surface area contributed by atoms with Gasteiger partial charge < -0.3 is 20.9 Å². The Balaban J connectivity index is 1.63. The number of nitrogens with one attached hydrogen (secondary N) is 2. The monoisotopic (exact) mass is 278 g/mol. The maximum Gasteiger partial charge on any atom is 0.252 e. The Hall–Kier alpha value is -1.82. The first-order chi connectivity index (χ1) is 9.66. The summed E-state index contributed by atoms with van der Waals surface area (Å²) in [6, 6.07) is 1.75. The van der Waals surface area contributed by atoms with Gasteiger partial charge in [0.2, 0.25) is 5.91 Å². The quantitative estimate of drug-likeness (QED) is 0.655. The summed E-state index contributed by atoms with van der Waals surface area (Å²) in [5.41, 5.74) is 6.00. The Morgan fingerprint density at radius 2 is 2.35 bits per heavy atom. The Labute approximate surface area is 118 Å². The summed E-state index contributed by atoms with van der Waals surface area (Å²) >= 11 is 0. The van der Waals surface area contributed by atoms with Crippen LogP contribution in [0.2, 0.25) is 0 Å². The number of carbonyl (C=O) groups is 2. The van der Waals surface area contributed by atoms with Crippen LogP contribution in [0.5, 0.6) is 0 Å². The van der Waals surface area contributed by atoms with Crippen molar-refractivity contribution in [2.75, 3.05) is 26.2 Å². The molecule has 1 unspecified atom stereocenters. The number of piperidine rings is 1. The van der Waals surface area contributed by atoms with Crippen LogP contribution in [-0.4, -0.2) is 47.9 Å². The predicted molar refractivity (Wildman–Crippen MR) is 76.1 cm³/mol. The van der Waals surface area contributed by atoms with Crippen molar-refractivity contribution in [1.29, 1.82) is 0 Å². The number of aromatic nitrogens is 1. The van der Waals surface area contributed by atoms with Crippen molar-refractivity contribution in [2.45, 2.75) is 19.3 Å². The number of carbonyl (C=O) groups excluding carboxylic acids is 2. The molecule has 0 radical (unpaired) electrons. The average Bonchev–Trinajstić information content (AvgIpc) is 2.98. The minimum atomic E-state index is -0.199. The van der Waals surface area contributed by atoms with Crippen molar-refractivity contribution in [3.63, 3.8) is 0 Å². The van der Waals surface area contributed by atoms with Crippen molar-refractivity contribution < 1.29 is 9.59 Å². The molecule has 1 atom stereocenters. The summed E-state index contributed by atoms with van der Waals surface area (Å²) in [6.07, 6.45) is 6.20. The largest absolute Gasteiger partial charge is 0.369 e. The fourth-order valence-electron chi connectivity index (χ4n) is 2.56. The lowest BCUT2D eigenvalue weighted by Gasteiger charge is -2.31. The highest BCUT2D eigenvalue weighted by Gasteiger charge is 2.23. The number of primary amides is 1. The Kier molecular flexibility index (Phi) is 5.17. The summed E-state index contributed by atoms with van der Waals surface area (Å²) in [5, 5.41) is 2.88. The first-order valence-corrected chi connectivity index (χ1v) is 7.09. The lowest BCUT2D eigenvalue weighted by atomic mass is 9.97. The SMILES string of the molecule is NC(=O)C1CCCN(CCCNC(=O)c2cc[nH]c2)C1. The third-order valence-electron chi connectivity index (χ3n) is 3.70. The maximum absolute atomic E-state index is 11.7. The lowest BCUT2D eigenvalue weighted by molar-refractivity contribution is -0.123. The zero-order valence-corrected chi connectivity index (χ0v) is 11.6. The van der Waals surface area contributed by atoms with Gasteiger partial charge in [0.05, 0.1) is 11.5 Å². The molecule has 0 bridgehead atoms. The fraction of sp³-hybridized carbons (Fsp3) is 0.571. The predicted octanol–water partition coefficient (Wildman–Crippen LogP) is 0.332. The van der Waals surface area contributed by atoms with E-state index in [1.807, 2.05) is 0 Å². The van der Waals surface area contributed by atoms with Crippen LogP contribution in [0.15, 0.2) is 18.5 Å². The Morgan fingerprint density at radius 3 is 3.05 bits per heavy atom. The van der Waals surface area contributed by atoms with Crippen molar-refractivity contribution in [3.05, 3.63) is 24.0 Å². The molecule has 6 heteroatoms. The highest BCUT2D eigenvalue weighted by molar-refractivity contribution is 5.93. The number of likely N-dealkylation sites (tertiary alicyclic amines) is 1. The first-order valence-electron chi connectivity index (χ1n) is 7.09. The smallest absolute Gasteiger partial charge is 0.252 e. The second kappa shape index (κ2) is 7.09. The molecule has 6 nitrogen and oxygen atoms in total. The normalized spacial score (nSPS) is 19.7. The molecule has 2 rings (SSSR count). The zero-order valence-electron chi connectivity index (χ0n) is 11.6. The van der Waals surface area contributed by atoms with E-state index in [2.05, 4.69) is 15.2 Å². The molecule has 1 saturated heterocycles. The van der Waals surface area contributed by atoms with Gasteiger partial charge in [-0.05, 0) is 38.4 Å². The molecule has 2 amide bonds. The van der Waals surface area contributed by atoms with Crippen molar-refractivity contribution in [2.24, 2.45) is 11.7 Å². The van der Waals surface area contributed by atoms with E-state index in [1.165, 1.54) is 0 Å². The summed E-state index contributed by atoms with van der Waals surface area (Å²) < 4.78 is 0. The van der Waals surface area contributed by atoms with Crippen LogP contribution >= 0.6 is 0 Å². The number of rotatable bonds is 6. The number of nitrogens with zero attached hydrogens (tertiary/aromatic N) is 1. The van der Waals surface area contributed by atoms with E-state index in [0.717, 1.165) is 38.9 Å². The van der Waals surface area contributed by atoms with Gasteiger partial charge in [-0.2, -0.15) is 0 Å². The number of amides is 2. The van der Waals surface area contributed by atoms with Crippen molar-refractivity contribution >= 4 is 11.8 Å². The molecular weight excluding hydrogens is 256 g/mol. The molecule has 2 heterocycles. The molecule has 1 fully saturated rings. The van der Waals surface area contributed by atoms with Crippen molar-refractivity contribution in [1.82, 2.24) is 15.2 Å². The first kappa shape index (κ1) is 14.6. The van der Waals surface area contributed by atoms with Gasteiger partial charge in [-0.3, -0.25) is 9.59 Å². The Bertz CT molecular complexity index is 444. The maximum atomic E-state index is 11.7. The van der Waals surface area contributed by atoms with Gasteiger partial charge in [0.25, 0.3) is 5.91 Å². The fourth-order valence-corrected chi connectivity index (χ4v) is 2.56. The van der Waals surface area contributed by atoms with E-state index in [1.54, 1.807) is 18.5 Å². The second-order valence-corrected chi connectivity index (χ2v) is 5.25. The molecule has 4 N–H and O–H groups in total. The van der Waals surface area contributed by atoms with Crippen LogP contribution in [0.3, 0.4) is 0 Å². The second-order valence-electron chi connectivity index (χ2n) is 5.25. The number of nitrogens with two attached hydrogens (primary N) is 1. The molecule has 0 aliphatic carbocycles. The summed E-state index contributed by atoms with van der Waals surface area (Å²) in [5.74, 6) is -0.270. The number of aromatic amines is 1. The molecule has 1 aliphatic heterocycles. The van der Waals surface area contributed by atoms with Crippen LogP contribution in [0.25, 0.3) is 0 Å².